The van der Waals surface area contributed by atoms with E-state index in [1.807, 2.05) is 12.1 Å². The van der Waals surface area contributed by atoms with Gasteiger partial charge in [-0.3, -0.25) is 4.90 Å². The summed E-state index contributed by atoms with van der Waals surface area (Å²) in [6.07, 6.45) is 0.104. The molecule has 2 heterocycles. The van der Waals surface area contributed by atoms with Gasteiger partial charge in [0.25, 0.3) is 0 Å². The van der Waals surface area contributed by atoms with Gasteiger partial charge in [0.1, 0.15) is 0 Å². The third-order valence-corrected chi connectivity index (χ3v) is 4.61. The lowest BCUT2D eigenvalue weighted by Gasteiger charge is -2.38. The highest BCUT2D eigenvalue weighted by Gasteiger charge is 2.28. The zero-order chi connectivity index (χ0) is 17.1. The molecule has 2 aromatic rings. The smallest absolute Gasteiger partial charge is 0.233 e. The topological polar surface area (TPSA) is 47.5 Å². The van der Waals surface area contributed by atoms with Crippen molar-refractivity contribution in [3.63, 3.8) is 0 Å². The SMILES string of the molecule is COc1ccc(CN2CC(c3cc(C)ccc3C)OCC2C)nn1. The molecule has 24 heavy (non-hydrogen) atoms. The molecule has 5 nitrogen and oxygen atoms in total. The van der Waals surface area contributed by atoms with Gasteiger partial charge in [-0.2, -0.15) is 5.10 Å². The lowest BCUT2D eigenvalue weighted by molar-refractivity contribution is -0.0640. The van der Waals surface area contributed by atoms with E-state index in [-0.39, 0.29) is 6.10 Å². The minimum absolute atomic E-state index is 0.104. The van der Waals surface area contributed by atoms with Gasteiger partial charge < -0.3 is 9.47 Å². The van der Waals surface area contributed by atoms with Crippen LogP contribution in [0.2, 0.25) is 0 Å². The summed E-state index contributed by atoms with van der Waals surface area (Å²) in [5.41, 5.74) is 4.78. The molecule has 0 radical (unpaired) electrons. The number of hydrogen-bond donors (Lipinski definition) is 0. The first-order chi connectivity index (χ1) is 11.6. The maximum absolute atomic E-state index is 6.12. The third-order valence-electron chi connectivity index (χ3n) is 4.61. The Hall–Kier alpha value is -1.98. The molecule has 1 aromatic carbocycles. The molecule has 0 aliphatic carbocycles. The average Bonchev–Trinajstić information content (AvgIpc) is 2.60. The van der Waals surface area contributed by atoms with Gasteiger partial charge >= 0.3 is 0 Å². The van der Waals surface area contributed by atoms with E-state index < -0.39 is 0 Å². The van der Waals surface area contributed by atoms with E-state index in [1.165, 1.54) is 16.7 Å². The Morgan fingerprint density at radius 3 is 2.75 bits per heavy atom. The molecule has 5 heteroatoms. The van der Waals surface area contributed by atoms with Crippen LogP contribution >= 0.6 is 0 Å². The molecule has 2 atom stereocenters. The van der Waals surface area contributed by atoms with Crippen molar-refractivity contribution in [2.45, 2.75) is 39.5 Å². The summed E-state index contributed by atoms with van der Waals surface area (Å²) in [5, 5.41) is 8.31. The van der Waals surface area contributed by atoms with Crippen LogP contribution in [0.15, 0.2) is 30.3 Å². The second kappa shape index (κ2) is 7.28. The van der Waals surface area contributed by atoms with Crippen molar-refractivity contribution < 1.29 is 9.47 Å². The van der Waals surface area contributed by atoms with Crippen LogP contribution < -0.4 is 4.74 Å². The van der Waals surface area contributed by atoms with Crippen molar-refractivity contribution in [1.82, 2.24) is 15.1 Å². The first kappa shape index (κ1) is 16.9. The van der Waals surface area contributed by atoms with E-state index in [9.17, 15) is 0 Å². The maximum Gasteiger partial charge on any atom is 0.233 e. The molecule has 0 spiro atoms. The lowest BCUT2D eigenvalue weighted by Crippen LogP contribution is -2.44. The Morgan fingerprint density at radius 2 is 2.04 bits per heavy atom. The molecular weight excluding hydrogens is 302 g/mol. The van der Waals surface area contributed by atoms with Gasteiger partial charge in [0, 0.05) is 25.2 Å². The molecule has 0 amide bonds. The predicted molar refractivity (Wildman–Crippen MR) is 93.1 cm³/mol. The Bertz CT molecular complexity index is 688. The standard InChI is InChI=1S/C19H25N3O2/c1-13-5-6-14(2)17(9-13)18-11-22(15(3)12-24-18)10-16-7-8-19(23-4)21-20-16/h5-9,15,18H,10-12H2,1-4H3. The first-order valence-electron chi connectivity index (χ1n) is 8.36. The van der Waals surface area contributed by atoms with Gasteiger partial charge in [0.15, 0.2) is 0 Å². The number of rotatable bonds is 4. The summed E-state index contributed by atoms with van der Waals surface area (Å²) in [6.45, 7) is 8.81. The van der Waals surface area contributed by atoms with Crippen LogP contribution in [0.5, 0.6) is 5.88 Å². The Balaban J connectivity index is 1.74. The van der Waals surface area contributed by atoms with Gasteiger partial charge in [-0.15, -0.1) is 5.10 Å². The van der Waals surface area contributed by atoms with E-state index in [4.69, 9.17) is 9.47 Å². The van der Waals surface area contributed by atoms with Crippen molar-refractivity contribution >= 4 is 0 Å². The van der Waals surface area contributed by atoms with Gasteiger partial charge in [-0.05, 0) is 38.0 Å². The summed E-state index contributed by atoms with van der Waals surface area (Å²) in [4.78, 5) is 2.41. The molecule has 128 valence electrons. The molecule has 1 aromatic heterocycles. The quantitative estimate of drug-likeness (QED) is 0.864. The molecule has 1 aliphatic heterocycles. The van der Waals surface area contributed by atoms with Gasteiger partial charge in [0.2, 0.25) is 5.88 Å². The average molecular weight is 327 g/mol. The fraction of sp³-hybridized carbons (Fsp3) is 0.474. The summed E-state index contributed by atoms with van der Waals surface area (Å²) in [5.74, 6) is 0.544. The minimum atomic E-state index is 0.104. The number of benzene rings is 1. The molecule has 3 rings (SSSR count). The highest BCUT2D eigenvalue weighted by Crippen LogP contribution is 2.28. The highest BCUT2D eigenvalue weighted by atomic mass is 16.5. The number of morpholine rings is 1. The van der Waals surface area contributed by atoms with Crippen molar-refractivity contribution in [1.29, 1.82) is 0 Å². The molecule has 1 saturated heterocycles. The summed E-state index contributed by atoms with van der Waals surface area (Å²) < 4.78 is 11.2. The zero-order valence-corrected chi connectivity index (χ0v) is 14.8. The van der Waals surface area contributed by atoms with Crippen molar-refractivity contribution in [2.75, 3.05) is 20.3 Å². The number of aryl methyl sites for hydroxylation is 2. The summed E-state index contributed by atoms with van der Waals surface area (Å²) >= 11 is 0. The fourth-order valence-electron chi connectivity index (χ4n) is 3.07. The summed E-state index contributed by atoms with van der Waals surface area (Å²) in [7, 11) is 1.60. The molecule has 0 bridgehead atoms. The molecule has 1 fully saturated rings. The Kier molecular flexibility index (Phi) is 5.11. The Morgan fingerprint density at radius 1 is 1.21 bits per heavy atom. The largest absolute Gasteiger partial charge is 0.480 e. The minimum Gasteiger partial charge on any atom is -0.480 e. The van der Waals surface area contributed by atoms with E-state index in [2.05, 4.69) is 54.1 Å². The highest BCUT2D eigenvalue weighted by molar-refractivity contribution is 5.32. The van der Waals surface area contributed by atoms with E-state index in [0.717, 1.165) is 25.4 Å². The number of ether oxygens (including phenoxy) is 2. The second-order valence-corrected chi connectivity index (χ2v) is 6.53. The maximum atomic E-state index is 6.12. The molecule has 1 aliphatic rings. The number of aromatic nitrogens is 2. The van der Waals surface area contributed by atoms with Crippen molar-refractivity contribution in [2.24, 2.45) is 0 Å². The molecule has 0 saturated carbocycles. The van der Waals surface area contributed by atoms with E-state index >= 15 is 0 Å². The van der Waals surface area contributed by atoms with Crippen LogP contribution in [0, 0.1) is 13.8 Å². The zero-order valence-electron chi connectivity index (χ0n) is 14.8. The second-order valence-electron chi connectivity index (χ2n) is 6.53. The monoisotopic (exact) mass is 327 g/mol. The van der Waals surface area contributed by atoms with Crippen molar-refractivity contribution in [3.8, 4) is 5.88 Å². The lowest BCUT2D eigenvalue weighted by atomic mass is 9.99. The Labute approximate surface area is 143 Å². The van der Waals surface area contributed by atoms with Crippen LogP contribution in [-0.4, -0.2) is 41.4 Å². The van der Waals surface area contributed by atoms with E-state index in [1.54, 1.807) is 7.11 Å². The first-order valence-corrected chi connectivity index (χ1v) is 8.36. The molecule has 2 unspecified atom stereocenters. The number of hydrogen-bond acceptors (Lipinski definition) is 5. The van der Waals surface area contributed by atoms with Crippen LogP contribution in [0.1, 0.15) is 35.4 Å². The van der Waals surface area contributed by atoms with Crippen LogP contribution in [0.25, 0.3) is 0 Å². The molecular formula is C19H25N3O2. The summed E-state index contributed by atoms with van der Waals surface area (Å²) in [6, 6.07) is 10.7. The third kappa shape index (κ3) is 3.74. The van der Waals surface area contributed by atoms with E-state index in [0.29, 0.717) is 11.9 Å². The normalized spacial score (nSPS) is 21.7. The fourth-order valence-corrected chi connectivity index (χ4v) is 3.07. The van der Waals surface area contributed by atoms with Gasteiger partial charge in [0.05, 0.1) is 25.5 Å². The van der Waals surface area contributed by atoms with Gasteiger partial charge in [-0.25, -0.2) is 0 Å². The van der Waals surface area contributed by atoms with Crippen LogP contribution in [-0.2, 0) is 11.3 Å². The van der Waals surface area contributed by atoms with Crippen LogP contribution in [0.4, 0.5) is 0 Å². The number of methoxy groups -OCH3 is 1. The molecule has 0 N–H and O–H groups in total. The van der Waals surface area contributed by atoms with Crippen LogP contribution in [0.3, 0.4) is 0 Å². The van der Waals surface area contributed by atoms with Gasteiger partial charge in [-0.1, -0.05) is 23.8 Å². The number of nitrogens with zero attached hydrogens (tertiary/aromatic N) is 3. The van der Waals surface area contributed by atoms with Crippen molar-refractivity contribution in [3.05, 3.63) is 52.7 Å². The predicted octanol–water partition coefficient (Wildman–Crippen LogP) is 3.06.